The number of thioether (sulfide) groups is 1. The lowest BCUT2D eigenvalue weighted by Crippen LogP contribution is -2.44. The fourth-order valence-electron chi connectivity index (χ4n) is 3.09. The van der Waals surface area contributed by atoms with Crippen LogP contribution in [0, 0.1) is 0 Å². The van der Waals surface area contributed by atoms with Crippen molar-refractivity contribution in [3.8, 4) is 0 Å². The summed E-state index contributed by atoms with van der Waals surface area (Å²) in [5.41, 5.74) is 2.46. The van der Waals surface area contributed by atoms with Crippen molar-refractivity contribution >= 4 is 40.0 Å². The van der Waals surface area contributed by atoms with Gasteiger partial charge in [-0.25, -0.2) is 9.69 Å². The van der Waals surface area contributed by atoms with E-state index in [1.807, 2.05) is 91.0 Å². The number of amides is 2. The van der Waals surface area contributed by atoms with Gasteiger partial charge in [-0.2, -0.15) is 0 Å². The molecule has 3 aromatic rings. The Morgan fingerprint density at radius 1 is 0.714 bits per heavy atom. The van der Waals surface area contributed by atoms with E-state index in [0.29, 0.717) is 0 Å². The van der Waals surface area contributed by atoms with Crippen LogP contribution in [0.15, 0.2) is 96.0 Å². The molecule has 0 bridgehead atoms. The predicted molar refractivity (Wildman–Crippen MR) is 119 cm³/mol. The van der Waals surface area contributed by atoms with Gasteiger partial charge >= 0.3 is 6.03 Å². The SMILES string of the molecule is O=C(N(C1=NCCCS1)c1ccccc1)N(c1ccccc1)c1ccccc1. The lowest BCUT2D eigenvalue weighted by atomic mass is 10.2. The number of hydrogen-bond donors (Lipinski definition) is 0. The van der Waals surface area contributed by atoms with E-state index in [9.17, 15) is 4.79 Å². The van der Waals surface area contributed by atoms with Crippen molar-refractivity contribution in [2.24, 2.45) is 4.99 Å². The minimum Gasteiger partial charge on any atom is -0.262 e. The Morgan fingerprint density at radius 2 is 1.18 bits per heavy atom. The molecule has 1 aliphatic rings. The zero-order valence-corrected chi connectivity index (χ0v) is 16.3. The molecule has 140 valence electrons. The standard InChI is InChI=1S/C23H21N3OS/c27-23(25(19-11-4-1-5-12-19)20-13-6-2-7-14-20)26(21-15-8-3-9-16-21)22-24-17-10-18-28-22/h1-9,11-16H,10,17-18H2. The molecule has 0 aliphatic carbocycles. The van der Waals surface area contributed by atoms with Crippen molar-refractivity contribution < 1.29 is 4.79 Å². The number of anilines is 3. The monoisotopic (exact) mass is 387 g/mol. The van der Waals surface area contributed by atoms with E-state index in [1.165, 1.54) is 0 Å². The smallest absolute Gasteiger partial charge is 0.262 e. The van der Waals surface area contributed by atoms with E-state index < -0.39 is 0 Å². The molecule has 0 aromatic heterocycles. The Bertz CT molecular complexity index is 906. The number of rotatable bonds is 3. The largest absolute Gasteiger partial charge is 0.339 e. The van der Waals surface area contributed by atoms with Gasteiger partial charge in [0.2, 0.25) is 0 Å². The summed E-state index contributed by atoms with van der Waals surface area (Å²) in [5, 5.41) is 0.749. The van der Waals surface area contributed by atoms with Crippen molar-refractivity contribution in [1.29, 1.82) is 0 Å². The third-order valence-corrected chi connectivity index (χ3v) is 5.46. The van der Waals surface area contributed by atoms with E-state index in [2.05, 4.69) is 4.99 Å². The predicted octanol–water partition coefficient (Wildman–Crippen LogP) is 5.94. The molecule has 0 saturated carbocycles. The molecule has 0 fully saturated rings. The summed E-state index contributed by atoms with van der Waals surface area (Å²) in [6.45, 7) is 0.746. The van der Waals surface area contributed by atoms with Gasteiger partial charge in [-0.1, -0.05) is 66.4 Å². The second-order valence-corrected chi connectivity index (χ2v) is 7.39. The summed E-state index contributed by atoms with van der Waals surface area (Å²) in [6, 6.07) is 29.1. The summed E-state index contributed by atoms with van der Waals surface area (Å²) in [5.74, 6) is 0.964. The van der Waals surface area contributed by atoms with Crippen molar-refractivity contribution in [2.75, 3.05) is 22.1 Å². The molecule has 0 radical (unpaired) electrons. The van der Waals surface area contributed by atoms with Crippen LogP contribution in [-0.2, 0) is 0 Å². The molecule has 1 heterocycles. The van der Waals surface area contributed by atoms with Crippen LogP contribution in [0.4, 0.5) is 21.9 Å². The molecule has 4 nitrogen and oxygen atoms in total. The van der Waals surface area contributed by atoms with Crippen LogP contribution < -0.4 is 9.80 Å². The number of carbonyl (C=O) groups excluding carboxylic acids is 1. The topological polar surface area (TPSA) is 35.9 Å². The minimum atomic E-state index is -0.142. The fourth-order valence-corrected chi connectivity index (χ4v) is 4.04. The third kappa shape index (κ3) is 3.94. The quantitative estimate of drug-likeness (QED) is 0.557. The molecule has 3 aromatic carbocycles. The molecule has 0 atom stereocenters. The molecular weight excluding hydrogens is 366 g/mol. The molecule has 4 rings (SSSR count). The summed E-state index contributed by atoms with van der Waals surface area (Å²) in [6.07, 6.45) is 1.03. The maximum Gasteiger partial charge on any atom is 0.339 e. The van der Waals surface area contributed by atoms with Crippen LogP contribution in [0.3, 0.4) is 0 Å². The summed E-state index contributed by atoms with van der Waals surface area (Å²) in [4.78, 5) is 22.0. The summed E-state index contributed by atoms with van der Waals surface area (Å²) < 4.78 is 0. The van der Waals surface area contributed by atoms with E-state index in [1.54, 1.807) is 21.6 Å². The van der Waals surface area contributed by atoms with Crippen LogP contribution in [-0.4, -0.2) is 23.5 Å². The molecule has 0 unspecified atom stereocenters. The van der Waals surface area contributed by atoms with Gasteiger partial charge in [0.15, 0.2) is 5.17 Å². The van der Waals surface area contributed by atoms with E-state index in [4.69, 9.17) is 0 Å². The van der Waals surface area contributed by atoms with E-state index in [-0.39, 0.29) is 6.03 Å². The first-order valence-electron chi connectivity index (χ1n) is 9.31. The average Bonchev–Trinajstić information content (AvgIpc) is 2.77. The number of para-hydroxylation sites is 3. The number of nitrogens with zero attached hydrogens (tertiary/aromatic N) is 3. The van der Waals surface area contributed by atoms with Crippen molar-refractivity contribution in [2.45, 2.75) is 6.42 Å². The second kappa shape index (κ2) is 8.76. The molecule has 0 saturated heterocycles. The fraction of sp³-hybridized carbons (Fsp3) is 0.130. The number of benzene rings is 3. The van der Waals surface area contributed by atoms with Crippen molar-refractivity contribution in [3.63, 3.8) is 0 Å². The summed E-state index contributed by atoms with van der Waals surface area (Å²) in [7, 11) is 0. The molecular formula is C23H21N3OS. The van der Waals surface area contributed by atoms with Gasteiger partial charge in [-0.3, -0.25) is 9.89 Å². The van der Waals surface area contributed by atoms with Gasteiger partial charge in [-0.15, -0.1) is 0 Å². The van der Waals surface area contributed by atoms with Gasteiger partial charge in [0.25, 0.3) is 0 Å². The molecule has 5 heteroatoms. The highest BCUT2D eigenvalue weighted by atomic mass is 32.2. The van der Waals surface area contributed by atoms with Gasteiger partial charge in [0, 0.05) is 12.3 Å². The third-order valence-electron chi connectivity index (χ3n) is 4.40. The van der Waals surface area contributed by atoms with Crippen LogP contribution in [0.2, 0.25) is 0 Å². The van der Waals surface area contributed by atoms with Crippen LogP contribution >= 0.6 is 11.8 Å². The average molecular weight is 388 g/mol. The highest BCUT2D eigenvalue weighted by Crippen LogP contribution is 2.31. The normalized spacial score (nSPS) is 13.5. The lowest BCUT2D eigenvalue weighted by Gasteiger charge is -2.32. The summed E-state index contributed by atoms with van der Waals surface area (Å²) >= 11 is 1.63. The lowest BCUT2D eigenvalue weighted by molar-refractivity contribution is 0.256. The number of aliphatic imine (C=N–C) groups is 1. The minimum absolute atomic E-state index is 0.142. The zero-order chi connectivity index (χ0) is 19.2. The second-order valence-electron chi connectivity index (χ2n) is 6.33. The number of amidine groups is 1. The molecule has 1 aliphatic heterocycles. The number of urea groups is 1. The first kappa shape index (κ1) is 18.3. The van der Waals surface area contributed by atoms with Crippen molar-refractivity contribution in [3.05, 3.63) is 91.0 Å². The van der Waals surface area contributed by atoms with Crippen LogP contribution in [0.5, 0.6) is 0 Å². The Labute approximate surface area is 169 Å². The number of hydrogen-bond acceptors (Lipinski definition) is 3. The van der Waals surface area contributed by atoms with Crippen LogP contribution in [0.25, 0.3) is 0 Å². The van der Waals surface area contributed by atoms with Gasteiger partial charge in [-0.05, 0) is 42.8 Å². The highest BCUT2D eigenvalue weighted by Gasteiger charge is 2.29. The first-order chi connectivity index (χ1) is 13.8. The Kier molecular flexibility index (Phi) is 5.73. The number of carbonyl (C=O) groups is 1. The molecule has 0 N–H and O–H groups in total. The highest BCUT2D eigenvalue weighted by molar-refractivity contribution is 8.14. The maximum atomic E-state index is 13.9. The molecule has 0 spiro atoms. The molecule has 2 amide bonds. The first-order valence-corrected chi connectivity index (χ1v) is 10.3. The maximum absolute atomic E-state index is 13.9. The Balaban J connectivity index is 1.81. The van der Waals surface area contributed by atoms with Crippen LogP contribution in [0.1, 0.15) is 6.42 Å². The van der Waals surface area contributed by atoms with E-state index >= 15 is 0 Å². The Morgan fingerprint density at radius 3 is 1.61 bits per heavy atom. The van der Waals surface area contributed by atoms with E-state index in [0.717, 1.165) is 40.9 Å². The van der Waals surface area contributed by atoms with Gasteiger partial charge in [0.05, 0.1) is 17.1 Å². The van der Waals surface area contributed by atoms with Gasteiger partial charge in [0.1, 0.15) is 0 Å². The van der Waals surface area contributed by atoms with Crippen molar-refractivity contribution in [1.82, 2.24) is 0 Å². The van der Waals surface area contributed by atoms with Gasteiger partial charge < -0.3 is 0 Å². The molecule has 28 heavy (non-hydrogen) atoms. The zero-order valence-electron chi connectivity index (χ0n) is 15.4. The Hall–Kier alpha value is -3.05.